The highest BCUT2D eigenvalue weighted by Crippen LogP contribution is 2.33. The van der Waals surface area contributed by atoms with Crippen LogP contribution in [0.4, 0.5) is 4.79 Å². The molecule has 0 bridgehead atoms. The van der Waals surface area contributed by atoms with Gasteiger partial charge in [0.1, 0.15) is 11.7 Å². The fourth-order valence-electron chi connectivity index (χ4n) is 2.26. The summed E-state index contributed by atoms with van der Waals surface area (Å²) >= 11 is 8.74. The maximum atomic E-state index is 11.6. The molecule has 0 aliphatic heterocycles. The first-order valence-corrected chi connectivity index (χ1v) is 7.73. The number of thiol groups is 2. The number of rotatable bonds is 3. The highest BCUT2D eigenvalue weighted by atomic mass is 32.1. The topological polar surface area (TPSA) is 35.5 Å². The van der Waals surface area contributed by atoms with Gasteiger partial charge in [-0.05, 0) is 63.4 Å². The predicted octanol–water partition coefficient (Wildman–Crippen LogP) is 3.58. The molecule has 0 heterocycles. The van der Waals surface area contributed by atoms with Crippen molar-refractivity contribution in [2.24, 2.45) is 11.8 Å². The van der Waals surface area contributed by atoms with Crippen LogP contribution in [0, 0.1) is 11.8 Å². The lowest BCUT2D eigenvalue weighted by Crippen LogP contribution is -2.34. The first-order chi connectivity index (χ1) is 8.35. The monoisotopic (exact) mass is 292 g/mol. The van der Waals surface area contributed by atoms with Crippen LogP contribution in [0.3, 0.4) is 0 Å². The SMILES string of the molecule is CC(C)(C)OC(=O)OC1CCC(CS)C(CS)C1. The van der Waals surface area contributed by atoms with Crippen molar-refractivity contribution < 1.29 is 14.3 Å². The predicted molar refractivity (Wildman–Crippen MR) is 79.6 cm³/mol. The minimum atomic E-state index is -0.560. The number of ether oxygens (including phenoxy) is 2. The largest absolute Gasteiger partial charge is 0.509 e. The minimum Gasteiger partial charge on any atom is -0.431 e. The molecule has 0 aromatic rings. The van der Waals surface area contributed by atoms with Gasteiger partial charge in [-0.15, -0.1) is 0 Å². The van der Waals surface area contributed by atoms with Gasteiger partial charge in [0.05, 0.1) is 0 Å². The van der Waals surface area contributed by atoms with Crippen LogP contribution in [0.5, 0.6) is 0 Å². The Morgan fingerprint density at radius 1 is 1.17 bits per heavy atom. The first-order valence-electron chi connectivity index (χ1n) is 6.47. The van der Waals surface area contributed by atoms with E-state index in [1.807, 2.05) is 20.8 Å². The van der Waals surface area contributed by atoms with E-state index in [1.54, 1.807) is 0 Å². The average Bonchev–Trinajstić information content (AvgIpc) is 2.26. The van der Waals surface area contributed by atoms with E-state index in [2.05, 4.69) is 25.3 Å². The van der Waals surface area contributed by atoms with Crippen LogP contribution >= 0.6 is 25.3 Å². The Balaban J connectivity index is 2.42. The Labute approximate surface area is 121 Å². The van der Waals surface area contributed by atoms with Gasteiger partial charge in [0, 0.05) is 0 Å². The van der Waals surface area contributed by atoms with Crippen LogP contribution in [-0.2, 0) is 9.47 Å². The van der Waals surface area contributed by atoms with Crippen LogP contribution in [-0.4, -0.2) is 29.4 Å². The van der Waals surface area contributed by atoms with Gasteiger partial charge in [-0.3, -0.25) is 0 Å². The van der Waals surface area contributed by atoms with Crippen LogP contribution in [0.15, 0.2) is 0 Å². The van der Waals surface area contributed by atoms with Gasteiger partial charge in [0.2, 0.25) is 0 Å². The van der Waals surface area contributed by atoms with Crippen molar-refractivity contribution in [3.8, 4) is 0 Å². The summed E-state index contributed by atoms with van der Waals surface area (Å²) in [5, 5.41) is 0. The molecule has 1 aliphatic carbocycles. The molecule has 5 heteroatoms. The smallest absolute Gasteiger partial charge is 0.431 e. The maximum Gasteiger partial charge on any atom is 0.509 e. The molecule has 0 spiro atoms. The lowest BCUT2D eigenvalue weighted by molar-refractivity contribution is -0.0409. The normalized spacial score (nSPS) is 28.8. The van der Waals surface area contributed by atoms with Crippen LogP contribution in [0.1, 0.15) is 40.0 Å². The van der Waals surface area contributed by atoms with Crippen LogP contribution < -0.4 is 0 Å². The van der Waals surface area contributed by atoms with Crippen molar-refractivity contribution in [3.63, 3.8) is 0 Å². The molecular weight excluding hydrogens is 268 g/mol. The Hall–Kier alpha value is -0.0300. The molecule has 0 N–H and O–H groups in total. The molecule has 3 atom stereocenters. The lowest BCUT2D eigenvalue weighted by atomic mass is 9.80. The molecule has 0 aromatic carbocycles. The fraction of sp³-hybridized carbons (Fsp3) is 0.923. The van der Waals surface area contributed by atoms with Gasteiger partial charge in [0.15, 0.2) is 0 Å². The van der Waals surface area contributed by atoms with Gasteiger partial charge >= 0.3 is 6.16 Å². The van der Waals surface area contributed by atoms with Gasteiger partial charge in [-0.25, -0.2) is 4.79 Å². The van der Waals surface area contributed by atoms with E-state index >= 15 is 0 Å². The Kier molecular flexibility index (Phi) is 6.18. The van der Waals surface area contributed by atoms with Crippen LogP contribution in [0.2, 0.25) is 0 Å². The summed E-state index contributed by atoms with van der Waals surface area (Å²) in [7, 11) is 0. The number of carbonyl (C=O) groups is 1. The van der Waals surface area contributed by atoms with E-state index in [0.29, 0.717) is 11.8 Å². The van der Waals surface area contributed by atoms with Crippen molar-refractivity contribution in [1.29, 1.82) is 0 Å². The zero-order valence-corrected chi connectivity index (χ0v) is 13.2. The quantitative estimate of drug-likeness (QED) is 0.616. The summed E-state index contributed by atoms with van der Waals surface area (Å²) in [6, 6.07) is 0. The Morgan fingerprint density at radius 2 is 1.78 bits per heavy atom. The molecule has 1 aliphatic rings. The standard InChI is InChI=1S/C13H24O3S2/c1-13(2,3)16-12(14)15-11-5-4-9(7-17)10(6-11)8-18/h9-11,17-18H,4-8H2,1-3H3. The number of carbonyl (C=O) groups excluding carboxylic acids is 1. The summed E-state index contributed by atoms with van der Waals surface area (Å²) in [5.74, 6) is 2.76. The first kappa shape index (κ1) is 16.0. The van der Waals surface area contributed by atoms with E-state index in [1.165, 1.54) is 0 Å². The molecule has 1 saturated carbocycles. The molecule has 18 heavy (non-hydrogen) atoms. The zero-order chi connectivity index (χ0) is 13.8. The van der Waals surface area contributed by atoms with E-state index in [0.717, 1.165) is 30.8 Å². The van der Waals surface area contributed by atoms with Gasteiger partial charge in [0.25, 0.3) is 0 Å². The molecule has 0 saturated heterocycles. The Bertz CT molecular complexity index is 276. The minimum absolute atomic E-state index is 0.0341. The van der Waals surface area contributed by atoms with Gasteiger partial charge in [-0.2, -0.15) is 25.3 Å². The third-order valence-corrected chi connectivity index (χ3v) is 4.15. The fourth-order valence-corrected chi connectivity index (χ4v) is 3.19. The summed E-state index contributed by atoms with van der Waals surface area (Å²) in [5.41, 5.74) is -0.498. The molecular formula is C13H24O3S2. The summed E-state index contributed by atoms with van der Waals surface area (Å²) < 4.78 is 10.5. The average molecular weight is 292 g/mol. The van der Waals surface area contributed by atoms with E-state index in [-0.39, 0.29) is 6.10 Å². The molecule has 3 nitrogen and oxygen atoms in total. The highest BCUT2D eigenvalue weighted by Gasteiger charge is 2.31. The van der Waals surface area contributed by atoms with E-state index in [9.17, 15) is 4.79 Å². The number of hydrogen-bond donors (Lipinski definition) is 2. The maximum absolute atomic E-state index is 11.6. The summed E-state index contributed by atoms with van der Waals surface area (Å²) in [4.78, 5) is 11.6. The molecule has 0 amide bonds. The molecule has 1 rings (SSSR count). The summed E-state index contributed by atoms with van der Waals surface area (Å²) in [6.07, 6.45) is 2.22. The van der Waals surface area contributed by atoms with Crippen molar-refractivity contribution in [2.75, 3.05) is 11.5 Å². The third kappa shape index (κ3) is 5.31. The molecule has 3 unspecified atom stereocenters. The molecule has 106 valence electrons. The lowest BCUT2D eigenvalue weighted by Gasteiger charge is -2.34. The molecule has 1 fully saturated rings. The second kappa shape index (κ2) is 6.94. The van der Waals surface area contributed by atoms with Crippen molar-refractivity contribution in [3.05, 3.63) is 0 Å². The Morgan fingerprint density at radius 3 is 2.28 bits per heavy atom. The van der Waals surface area contributed by atoms with Crippen molar-refractivity contribution in [1.82, 2.24) is 0 Å². The van der Waals surface area contributed by atoms with Gasteiger partial charge in [-0.1, -0.05) is 0 Å². The third-order valence-electron chi connectivity index (χ3n) is 3.21. The molecule has 0 radical (unpaired) electrons. The van der Waals surface area contributed by atoms with Gasteiger partial charge < -0.3 is 9.47 Å². The highest BCUT2D eigenvalue weighted by molar-refractivity contribution is 7.80. The van der Waals surface area contributed by atoms with Crippen LogP contribution in [0.25, 0.3) is 0 Å². The molecule has 0 aromatic heterocycles. The second-order valence-electron chi connectivity index (χ2n) is 5.90. The number of hydrogen-bond acceptors (Lipinski definition) is 5. The van der Waals surface area contributed by atoms with E-state index in [4.69, 9.17) is 9.47 Å². The van der Waals surface area contributed by atoms with Crippen molar-refractivity contribution in [2.45, 2.75) is 51.7 Å². The summed E-state index contributed by atoms with van der Waals surface area (Å²) in [6.45, 7) is 5.51. The van der Waals surface area contributed by atoms with Crippen molar-refractivity contribution >= 4 is 31.4 Å². The zero-order valence-electron chi connectivity index (χ0n) is 11.4. The van der Waals surface area contributed by atoms with E-state index < -0.39 is 11.8 Å². The second-order valence-corrected chi connectivity index (χ2v) is 6.63.